The summed E-state index contributed by atoms with van der Waals surface area (Å²) in [6, 6.07) is 10.9. The van der Waals surface area contributed by atoms with Crippen LogP contribution in [0, 0.1) is 0 Å². The second kappa shape index (κ2) is 5.71. The monoisotopic (exact) mass is 380 g/mol. The number of halogens is 3. The molecule has 3 nitrogen and oxygen atoms in total. The number of rotatable bonds is 3. The molecule has 0 bridgehead atoms. The number of benzene rings is 2. The van der Waals surface area contributed by atoms with Crippen molar-refractivity contribution in [3.8, 4) is 11.5 Å². The van der Waals surface area contributed by atoms with Gasteiger partial charge in [-0.05, 0) is 42.5 Å². The van der Waals surface area contributed by atoms with Crippen molar-refractivity contribution in [2.45, 2.75) is 4.90 Å². The normalized spacial score (nSPS) is 11.3. The summed E-state index contributed by atoms with van der Waals surface area (Å²) in [4.78, 5) is 0.0171. The minimum atomic E-state index is -3.72. The first-order valence-electron chi connectivity index (χ1n) is 5.04. The Morgan fingerprint density at radius 2 is 1.68 bits per heavy atom. The van der Waals surface area contributed by atoms with E-state index in [2.05, 4.69) is 15.9 Å². The van der Waals surface area contributed by atoms with Crippen LogP contribution in [0.1, 0.15) is 0 Å². The smallest absolute Gasteiger partial charge is 0.261 e. The average Bonchev–Trinajstić information content (AvgIpc) is 2.32. The van der Waals surface area contributed by atoms with Gasteiger partial charge in [-0.25, -0.2) is 8.42 Å². The molecule has 0 aromatic heterocycles. The third kappa shape index (κ3) is 3.86. The van der Waals surface area contributed by atoms with Gasteiger partial charge in [-0.3, -0.25) is 0 Å². The number of ether oxygens (including phenoxy) is 1. The Hall–Kier alpha value is -0.750. The molecule has 0 aliphatic rings. The first-order valence-corrected chi connectivity index (χ1v) is 8.52. The summed E-state index contributed by atoms with van der Waals surface area (Å²) >= 11 is 9.30. The van der Waals surface area contributed by atoms with Crippen molar-refractivity contribution in [2.75, 3.05) is 0 Å². The van der Waals surface area contributed by atoms with Gasteiger partial charge in [0.25, 0.3) is 9.05 Å². The molecule has 7 heteroatoms. The third-order valence-electron chi connectivity index (χ3n) is 2.23. The molecule has 0 saturated heterocycles. The maximum Gasteiger partial charge on any atom is 0.261 e. The molecule has 0 aliphatic heterocycles. The van der Waals surface area contributed by atoms with Crippen molar-refractivity contribution in [3.63, 3.8) is 0 Å². The van der Waals surface area contributed by atoms with Gasteiger partial charge < -0.3 is 4.74 Å². The Morgan fingerprint density at radius 1 is 1.05 bits per heavy atom. The predicted molar refractivity (Wildman–Crippen MR) is 78.7 cm³/mol. The van der Waals surface area contributed by atoms with E-state index in [0.29, 0.717) is 16.5 Å². The van der Waals surface area contributed by atoms with Crippen LogP contribution in [-0.4, -0.2) is 8.42 Å². The lowest BCUT2D eigenvalue weighted by molar-refractivity contribution is 0.482. The molecule has 19 heavy (non-hydrogen) atoms. The van der Waals surface area contributed by atoms with Crippen molar-refractivity contribution in [2.24, 2.45) is 0 Å². The fourth-order valence-electron chi connectivity index (χ4n) is 1.36. The maximum atomic E-state index is 11.1. The van der Waals surface area contributed by atoms with Gasteiger partial charge in [-0.15, -0.1) is 0 Å². The first kappa shape index (κ1) is 14.7. The van der Waals surface area contributed by atoms with Crippen molar-refractivity contribution in [1.82, 2.24) is 0 Å². The molecule has 0 unspecified atom stereocenters. The summed E-state index contributed by atoms with van der Waals surface area (Å²) in [5.74, 6) is 0.944. The van der Waals surface area contributed by atoms with Crippen LogP contribution in [0.5, 0.6) is 11.5 Å². The Labute approximate surface area is 128 Å². The Bertz CT molecular complexity index is 699. The van der Waals surface area contributed by atoms with Crippen LogP contribution >= 0.6 is 38.2 Å². The lowest BCUT2D eigenvalue weighted by Crippen LogP contribution is -1.91. The topological polar surface area (TPSA) is 43.4 Å². The zero-order valence-electron chi connectivity index (χ0n) is 9.31. The molecule has 100 valence electrons. The number of hydrogen-bond donors (Lipinski definition) is 0. The van der Waals surface area contributed by atoms with E-state index >= 15 is 0 Å². The zero-order valence-corrected chi connectivity index (χ0v) is 13.2. The van der Waals surface area contributed by atoms with E-state index in [-0.39, 0.29) is 4.90 Å². The van der Waals surface area contributed by atoms with Crippen LogP contribution in [0.4, 0.5) is 0 Å². The highest BCUT2D eigenvalue weighted by atomic mass is 79.9. The maximum absolute atomic E-state index is 11.1. The summed E-state index contributed by atoms with van der Waals surface area (Å²) in [6.07, 6.45) is 0. The van der Waals surface area contributed by atoms with Gasteiger partial charge in [0.05, 0.1) is 9.92 Å². The van der Waals surface area contributed by atoms with Crippen molar-refractivity contribution in [3.05, 3.63) is 52.0 Å². The van der Waals surface area contributed by atoms with E-state index in [1.54, 1.807) is 18.2 Å². The van der Waals surface area contributed by atoms with Crippen LogP contribution < -0.4 is 4.74 Å². The molecule has 2 aromatic carbocycles. The molecule has 0 heterocycles. The molecule has 0 amide bonds. The van der Waals surface area contributed by atoms with Gasteiger partial charge in [0.1, 0.15) is 11.5 Å². The second-order valence-corrected chi connectivity index (χ2v) is 7.47. The second-order valence-electron chi connectivity index (χ2n) is 3.59. The predicted octanol–water partition coefficient (Wildman–Crippen LogP) is 4.82. The van der Waals surface area contributed by atoms with Crippen LogP contribution in [0.3, 0.4) is 0 Å². The van der Waals surface area contributed by atoms with Gasteiger partial charge in [0, 0.05) is 15.2 Å². The van der Waals surface area contributed by atoms with Crippen molar-refractivity contribution in [1.29, 1.82) is 0 Å². The van der Waals surface area contributed by atoms with Gasteiger partial charge in [-0.1, -0.05) is 27.5 Å². The Morgan fingerprint density at radius 3 is 2.21 bits per heavy atom. The standard InChI is InChI=1S/C12H7BrCl2O3S/c13-8-1-6-12(11(14)7-8)18-9-2-4-10(5-3-9)19(15,16)17/h1-7H. The Kier molecular flexibility index (Phi) is 4.40. The summed E-state index contributed by atoms with van der Waals surface area (Å²) < 4.78 is 28.6. The van der Waals surface area contributed by atoms with E-state index < -0.39 is 9.05 Å². The van der Waals surface area contributed by atoms with Crippen LogP contribution in [-0.2, 0) is 9.05 Å². The summed E-state index contributed by atoms with van der Waals surface area (Å²) in [7, 11) is 1.50. The van der Waals surface area contributed by atoms with Gasteiger partial charge in [0.2, 0.25) is 0 Å². The minimum absolute atomic E-state index is 0.0171. The molecule has 2 rings (SSSR count). The van der Waals surface area contributed by atoms with E-state index in [0.717, 1.165) is 4.47 Å². The zero-order chi connectivity index (χ0) is 14.0. The summed E-state index contributed by atoms with van der Waals surface area (Å²) in [5, 5.41) is 0.448. The number of hydrogen-bond acceptors (Lipinski definition) is 3. The van der Waals surface area contributed by atoms with Gasteiger partial charge in [-0.2, -0.15) is 0 Å². The SMILES string of the molecule is O=S(=O)(Cl)c1ccc(Oc2ccc(Br)cc2Cl)cc1. The molecule has 0 radical (unpaired) electrons. The van der Waals surface area contributed by atoms with Crippen molar-refractivity contribution >= 4 is 47.3 Å². The fraction of sp³-hybridized carbons (Fsp3) is 0. The van der Waals surface area contributed by atoms with E-state index in [1.165, 1.54) is 24.3 Å². The molecule has 0 atom stereocenters. The summed E-state index contributed by atoms with van der Waals surface area (Å²) in [6.45, 7) is 0. The van der Waals surface area contributed by atoms with Gasteiger partial charge >= 0.3 is 0 Å². The van der Waals surface area contributed by atoms with Gasteiger partial charge in [0.15, 0.2) is 0 Å². The summed E-state index contributed by atoms with van der Waals surface area (Å²) in [5.41, 5.74) is 0. The van der Waals surface area contributed by atoms with Crippen LogP contribution in [0.15, 0.2) is 51.8 Å². The molecule has 0 spiro atoms. The largest absolute Gasteiger partial charge is 0.456 e. The molecule has 0 N–H and O–H groups in total. The quantitative estimate of drug-likeness (QED) is 0.715. The first-order chi connectivity index (χ1) is 8.86. The molecule has 0 fully saturated rings. The molecule has 0 saturated carbocycles. The lowest BCUT2D eigenvalue weighted by Gasteiger charge is -2.08. The van der Waals surface area contributed by atoms with Crippen LogP contribution in [0.2, 0.25) is 5.02 Å². The third-order valence-corrected chi connectivity index (χ3v) is 4.39. The molecule has 0 aliphatic carbocycles. The fourth-order valence-corrected chi connectivity index (χ4v) is 2.84. The molecule has 2 aromatic rings. The Balaban J connectivity index is 2.25. The van der Waals surface area contributed by atoms with E-state index in [4.69, 9.17) is 27.0 Å². The van der Waals surface area contributed by atoms with E-state index in [1.807, 2.05) is 0 Å². The lowest BCUT2D eigenvalue weighted by atomic mass is 10.3. The highest BCUT2D eigenvalue weighted by Gasteiger charge is 2.10. The minimum Gasteiger partial charge on any atom is -0.456 e. The molecular weight excluding hydrogens is 375 g/mol. The highest BCUT2D eigenvalue weighted by molar-refractivity contribution is 9.10. The molecular formula is C12H7BrCl2O3S. The average molecular weight is 382 g/mol. The van der Waals surface area contributed by atoms with E-state index in [9.17, 15) is 8.42 Å². The van der Waals surface area contributed by atoms with Crippen LogP contribution in [0.25, 0.3) is 0 Å². The van der Waals surface area contributed by atoms with Crippen molar-refractivity contribution < 1.29 is 13.2 Å². The highest BCUT2D eigenvalue weighted by Crippen LogP contribution is 2.32.